The average Bonchev–Trinajstić information content (AvgIpc) is 2.92. The summed E-state index contributed by atoms with van der Waals surface area (Å²) in [4.78, 5) is 37.7. The highest BCUT2D eigenvalue weighted by Crippen LogP contribution is 2.32. The number of amides is 4. The number of barbiturate groups is 1. The quantitative estimate of drug-likeness (QED) is 0.805. The molecule has 0 saturated carbocycles. The van der Waals surface area contributed by atoms with Crippen molar-refractivity contribution in [1.82, 2.24) is 25.0 Å². The van der Waals surface area contributed by atoms with Crippen molar-refractivity contribution >= 4 is 17.8 Å². The van der Waals surface area contributed by atoms with Gasteiger partial charge in [-0.3, -0.25) is 19.8 Å². The van der Waals surface area contributed by atoms with E-state index in [0.29, 0.717) is 25.2 Å². The van der Waals surface area contributed by atoms with Crippen molar-refractivity contribution in [2.45, 2.75) is 46.7 Å². The van der Waals surface area contributed by atoms with E-state index in [1.807, 2.05) is 6.92 Å². The molecule has 8 nitrogen and oxygen atoms in total. The minimum absolute atomic E-state index is 0.00748. The average molecular weight is 293 g/mol. The molecule has 8 heteroatoms. The van der Waals surface area contributed by atoms with Crippen molar-refractivity contribution in [1.29, 1.82) is 0 Å². The summed E-state index contributed by atoms with van der Waals surface area (Å²) < 4.78 is 1.75. The van der Waals surface area contributed by atoms with Crippen molar-refractivity contribution in [3.63, 3.8) is 0 Å². The number of carbonyl (C=O) groups is 3. The van der Waals surface area contributed by atoms with Gasteiger partial charge in [-0.25, -0.2) is 4.79 Å². The number of aromatic nitrogens is 3. The van der Waals surface area contributed by atoms with Crippen LogP contribution >= 0.6 is 0 Å². The first-order chi connectivity index (χ1) is 10.00. The minimum Gasteiger partial charge on any atom is -0.316 e. The number of urea groups is 1. The van der Waals surface area contributed by atoms with Crippen LogP contribution in [0.1, 0.15) is 39.4 Å². The predicted molar refractivity (Wildman–Crippen MR) is 72.8 cm³/mol. The third-order valence-corrected chi connectivity index (χ3v) is 4.10. The normalized spacial score (nSPS) is 18.0. The largest absolute Gasteiger partial charge is 0.331 e. The number of aryl methyl sites for hydroxylation is 1. The third kappa shape index (κ3) is 2.30. The number of nitrogens with one attached hydrogen (secondary N) is 1. The van der Waals surface area contributed by atoms with Gasteiger partial charge in [0, 0.05) is 6.54 Å². The lowest BCUT2D eigenvalue weighted by Gasteiger charge is -2.37. The number of imide groups is 2. The SMILES string of the molecule is CCn1cnnc1CN1C(=O)NC(=O)C(CC)(CC)C1=O. The second-order valence-corrected chi connectivity index (χ2v) is 4.97. The van der Waals surface area contributed by atoms with Crippen LogP contribution in [0.4, 0.5) is 4.79 Å². The first kappa shape index (κ1) is 15.1. The number of rotatable bonds is 5. The highest BCUT2D eigenvalue weighted by atomic mass is 16.2. The molecule has 1 aromatic rings. The van der Waals surface area contributed by atoms with E-state index < -0.39 is 23.3 Å². The third-order valence-electron chi connectivity index (χ3n) is 4.10. The second kappa shape index (κ2) is 5.63. The standard InChI is InChI=1S/C13H19N5O3/c1-4-13(5-2)10(19)15-12(21)18(11(13)20)7-9-16-14-8-17(9)6-3/h8H,4-7H2,1-3H3,(H,15,19,21). The van der Waals surface area contributed by atoms with Crippen molar-refractivity contribution in [2.75, 3.05) is 0 Å². The van der Waals surface area contributed by atoms with Gasteiger partial charge in [0.25, 0.3) is 0 Å². The van der Waals surface area contributed by atoms with E-state index in [4.69, 9.17) is 0 Å². The number of carbonyl (C=O) groups excluding carboxylic acids is 3. The van der Waals surface area contributed by atoms with Crippen molar-refractivity contribution < 1.29 is 14.4 Å². The van der Waals surface area contributed by atoms with Gasteiger partial charge in [0.05, 0.1) is 6.54 Å². The van der Waals surface area contributed by atoms with Crippen LogP contribution in [0.2, 0.25) is 0 Å². The molecule has 1 aliphatic rings. The van der Waals surface area contributed by atoms with Crippen LogP contribution in [-0.4, -0.2) is 37.5 Å². The van der Waals surface area contributed by atoms with Crippen LogP contribution in [0.5, 0.6) is 0 Å². The van der Waals surface area contributed by atoms with E-state index >= 15 is 0 Å². The fraction of sp³-hybridized carbons (Fsp3) is 0.615. The van der Waals surface area contributed by atoms with E-state index in [0.717, 1.165) is 4.90 Å². The molecule has 4 amide bonds. The zero-order valence-electron chi connectivity index (χ0n) is 12.4. The Morgan fingerprint density at radius 2 is 1.86 bits per heavy atom. The molecule has 0 bridgehead atoms. The Balaban J connectivity index is 2.32. The molecule has 2 rings (SSSR count). The van der Waals surface area contributed by atoms with Gasteiger partial charge in [0.2, 0.25) is 11.8 Å². The minimum atomic E-state index is -1.18. The lowest BCUT2D eigenvalue weighted by atomic mass is 9.78. The predicted octanol–water partition coefficient (Wildman–Crippen LogP) is 0.683. The summed E-state index contributed by atoms with van der Waals surface area (Å²) in [5, 5.41) is 9.97. The maximum Gasteiger partial charge on any atom is 0.331 e. The molecule has 0 aliphatic carbocycles. The molecule has 21 heavy (non-hydrogen) atoms. The Hall–Kier alpha value is -2.25. The van der Waals surface area contributed by atoms with E-state index in [1.165, 1.54) is 0 Å². The first-order valence-corrected chi connectivity index (χ1v) is 7.04. The van der Waals surface area contributed by atoms with Gasteiger partial charge in [0.1, 0.15) is 11.7 Å². The Morgan fingerprint density at radius 3 is 2.43 bits per heavy atom. The summed E-state index contributed by atoms with van der Waals surface area (Å²) in [5.41, 5.74) is -1.18. The molecule has 1 N–H and O–H groups in total. The number of hydrogen-bond donors (Lipinski definition) is 1. The van der Waals surface area contributed by atoms with Crippen molar-refractivity contribution in [3.05, 3.63) is 12.2 Å². The van der Waals surface area contributed by atoms with Crippen LogP contribution in [0.25, 0.3) is 0 Å². The molecular weight excluding hydrogens is 274 g/mol. The van der Waals surface area contributed by atoms with Gasteiger partial charge < -0.3 is 4.57 Å². The van der Waals surface area contributed by atoms with Gasteiger partial charge in [-0.05, 0) is 19.8 Å². The maximum atomic E-state index is 12.6. The topological polar surface area (TPSA) is 97.2 Å². The van der Waals surface area contributed by atoms with Crippen LogP contribution in [0.3, 0.4) is 0 Å². The van der Waals surface area contributed by atoms with E-state index in [2.05, 4.69) is 15.5 Å². The molecule has 0 spiro atoms. The Kier molecular flexibility index (Phi) is 4.06. The highest BCUT2D eigenvalue weighted by molar-refractivity contribution is 6.18. The monoisotopic (exact) mass is 293 g/mol. The molecule has 1 saturated heterocycles. The van der Waals surface area contributed by atoms with E-state index in [-0.39, 0.29) is 6.54 Å². The zero-order chi connectivity index (χ0) is 15.6. The molecule has 0 unspecified atom stereocenters. The van der Waals surface area contributed by atoms with E-state index in [1.54, 1.807) is 24.7 Å². The van der Waals surface area contributed by atoms with Crippen LogP contribution < -0.4 is 5.32 Å². The van der Waals surface area contributed by atoms with Crippen molar-refractivity contribution in [3.8, 4) is 0 Å². The summed E-state index contributed by atoms with van der Waals surface area (Å²) in [5.74, 6) is -0.473. The highest BCUT2D eigenvalue weighted by Gasteiger charge is 2.51. The molecule has 1 fully saturated rings. The maximum absolute atomic E-state index is 12.6. The molecule has 0 aromatic carbocycles. The second-order valence-electron chi connectivity index (χ2n) is 4.97. The van der Waals surface area contributed by atoms with Crippen LogP contribution in [-0.2, 0) is 22.7 Å². The van der Waals surface area contributed by atoms with Crippen LogP contribution in [0, 0.1) is 5.41 Å². The van der Waals surface area contributed by atoms with Gasteiger partial charge in [-0.1, -0.05) is 13.8 Å². The summed E-state index contributed by atoms with van der Waals surface area (Å²) in [6.45, 7) is 6.09. The Bertz CT molecular complexity index is 576. The lowest BCUT2D eigenvalue weighted by molar-refractivity contribution is -0.152. The van der Waals surface area contributed by atoms with Crippen molar-refractivity contribution in [2.24, 2.45) is 5.41 Å². The zero-order valence-corrected chi connectivity index (χ0v) is 12.4. The molecule has 1 aromatic heterocycles. The molecule has 2 heterocycles. The lowest BCUT2D eigenvalue weighted by Crippen LogP contribution is -2.63. The first-order valence-electron chi connectivity index (χ1n) is 7.04. The number of nitrogens with zero attached hydrogens (tertiary/aromatic N) is 4. The van der Waals surface area contributed by atoms with Crippen LogP contribution in [0.15, 0.2) is 6.33 Å². The van der Waals surface area contributed by atoms with Gasteiger partial charge in [0.15, 0.2) is 5.82 Å². The van der Waals surface area contributed by atoms with Gasteiger partial charge in [-0.2, -0.15) is 0 Å². The molecule has 0 radical (unpaired) electrons. The van der Waals surface area contributed by atoms with Gasteiger partial charge in [-0.15, -0.1) is 10.2 Å². The Morgan fingerprint density at radius 1 is 1.19 bits per heavy atom. The molecule has 0 atom stereocenters. The molecule has 114 valence electrons. The fourth-order valence-corrected chi connectivity index (χ4v) is 2.56. The summed E-state index contributed by atoms with van der Waals surface area (Å²) in [6, 6.07) is -0.701. The van der Waals surface area contributed by atoms with E-state index in [9.17, 15) is 14.4 Å². The Labute approximate surface area is 122 Å². The van der Waals surface area contributed by atoms with Gasteiger partial charge >= 0.3 is 6.03 Å². The fourth-order valence-electron chi connectivity index (χ4n) is 2.56. The molecular formula is C13H19N5O3. The summed E-state index contributed by atoms with van der Waals surface area (Å²) >= 11 is 0. The smallest absolute Gasteiger partial charge is 0.316 e. The summed E-state index contributed by atoms with van der Waals surface area (Å²) in [7, 11) is 0. The summed E-state index contributed by atoms with van der Waals surface area (Å²) in [6.07, 6.45) is 2.23. The molecule has 1 aliphatic heterocycles. The number of hydrogen-bond acceptors (Lipinski definition) is 5.